The lowest BCUT2D eigenvalue weighted by Crippen LogP contribution is -2.01. The molecule has 0 bridgehead atoms. The van der Waals surface area contributed by atoms with E-state index < -0.39 is 14.0 Å². The first-order chi connectivity index (χ1) is 3.95. The van der Waals surface area contributed by atoms with Gasteiger partial charge >= 0.3 is 7.91 Å². The van der Waals surface area contributed by atoms with Crippen LogP contribution < -0.4 is 0 Å². The number of hydrogen-bond donors (Lipinski definition) is 1. The van der Waals surface area contributed by atoms with Crippen molar-refractivity contribution in [3.8, 4) is 0 Å². The lowest BCUT2D eigenvalue weighted by Gasteiger charge is -2.08. The summed E-state index contributed by atoms with van der Waals surface area (Å²) in [6.07, 6.45) is 0.0277. The third-order valence-electron chi connectivity index (χ3n) is 0.885. The first kappa shape index (κ1) is 9.08. The molecule has 9 heavy (non-hydrogen) atoms. The van der Waals surface area contributed by atoms with E-state index in [9.17, 15) is 8.76 Å². The Labute approximate surface area is 53.5 Å². The third-order valence-corrected chi connectivity index (χ3v) is 1.50. The topological polar surface area (TPSA) is 46.5 Å². The van der Waals surface area contributed by atoms with Gasteiger partial charge in [-0.15, -0.1) is 4.20 Å². The predicted octanol–water partition coefficient (Wildman–Crippen LogP) is 1.87. The van der Waals surface area contributed by atoms with E-state index in [-0.39, 0.29) is 0 Å². The van der Waals surface area contributed by atoms with Crippen molar-refractivity contribution in [2.75, 3.05) is 0 Å². The molecule has 0 aliphatic carbocycles. The lowest BCUT2D eigenvalue weighted by molar-refractivity contribution is 0.162. The number of rotatable bonds is 3. The van der Waals surface area contributed by atoms with Crippen molar-refractivity contribution < 1.29 is 18.2 Å². The van der Waals surface area contributed by atoms with Crippen molar-refractivity contribution in [3.05, 3.63) is 0 Å². The minimum atomic E-state index is -4.74. The molecule has 0 aliphatic rings. The van der Waals surface area contributed by atoms with Crippen LogP contribution >= 0.6 is 7.91 Å². The zero-order chi connectivity index (χ0) is 7.49. The maximum atomic E-state index is 11.7. The monoisotopic (exact) mass is 156 g/mol. The lowest BCUT2D eigenvalue weighted by atomic mass is 10.3. The van der Waals surface area contributed by atoms with E-state index in [0.29, 0.717) is 6.42 Å². The SMILES string of the molecule is CCC(C)OP(=O)(O)F. The molecule has 0 saturated carbocycles. The smallest absolute Gasteiger partial charge is 0.299 e. The maximum absolute atomic E-state index is 11.7. The van der Waals surface area contributed by atoms with E-state index in [2.05, 4.69) is 4.52 Å². The molecule has 0 rings (SSSR count). The molecule has 2 unspecified atom stereocenters. The first-order valence-corrected chi connectivity index (χ1v) is 4.13. The molecule has 0 saturated heterocycles. The number of halogens is 1. The molecule has 56 valence electrons. The fourth-order valence-corrected chi connectivity index (χ4v) is 0.889. The highest BCUT2D eigenvalue weighted by Crippen LogP contribution is 2.44. The van der Waals surface area contributed by atoms with Gasteiger partial charge in [0.1, 0.15) is 0 Å². The van der Waals surface area contributed by atoms with Gasteiger partial charge < -0.3 is 0 Å². The van der Waals surface area contributed by atoms with E-state index in [0.717, 1.165) is 0 Å². The normalized spacial score (nSPS) is 20.9. The molecular weight excluding hydrogens is 146 g/mol. The van der Waals surface area contributed by atoms with E-state index in [1.54, 1.807) is 6.92 Å². The molecule has 0 aromatic carbocycles. The van der Waals surface area contributed by atoms with Crippen molar-refractivity contribution in [2.45, 2.75) is 26.4 Å². The van der Waals surface area contributed by atoms with Crippen LogP contribution in [-0.4, -0.2) is 11.0 Å². The largest absolute Gasteiger partial charge is 0.510 e. The van der Waals surface area contributed by atoms with Gasteiger partial charge in [0.25, 0.3) is 0 Å². The van der Waals surface area contributed by atoms with Crippen molar-refractivity contribution >= 4 is 7.91 Å². The van der Waals surface area contributed by atoms with Crippen LogP contribution in [0, 0.1) is 0 Å². The zero-order valence-corrected chi connectivity index (χ0v) is 6.27. The Morgan fingerprint density at radius 2 is 2.33 bits per heavy atom. The molecule has 0 heterocycles. The van der Waals surface area contributed by atoms with Crippen molar-refractivity contribution in [1.82, 2.24) is 0 Å². The molecule has 2 atom stereocenters. The van der Waals surface area contributed by atoms with Crippen LogP contribution in [0.2, 0.25) is 0 Å². The summed E-state index contributed by atoms with van der Waals surface area (Å²) in [4.78, 5) is 7.99. The summed E-state index contributed by atoms with van der Waals surface area (Å²) in [7, 11) is -4.74. The molecule has 1 N–H and O–H groups in total. The molecule has 5 heteroatoms. The molecule has 0 spiro atoms. The van der Waals surface area contributed by atoms with Crippen LogP contribution in [0.15, 0.2) is 0 Å². The van der Waals surface area contributed by atoms with Gasteiger partial charge in [0.2, 0.25) is 0 Å². The van der Waals surface area contributed by atoms with Crippen LogP contribution in [0.25, 0.3) is 0 Å². The van der Waals surface area contributed by atoms with Crippen molar-refractivity contribution in [1.29, 1.82) is 0 Å². The Balaban J connectivity index is 3.60. The average Bonchev–Trinajstić information content (AvgIpc) is 1.62. The van der Waals surface area contributed by atoms with Crippen molar-refractivity contribution in [2.24, 2.45) is 0 Å². The number of hydrogen-bond acceptors (Lipinski definition) is 2. The summed E-state index contributed by atoms with van der Waals surface area (Å²) in [6, 6.07) is 0. The van der Waals surface area contributed by atoms with Gasteiger partial charge in [-0.25, -0.2) is 4.57 Å². The summed E-state index contributed by atoms with van der Waals surface area (Å²) in [5.41, 5.74) is 0. The highest BCUT2D eigenvalue weighted by atomic mass is 31.2. The fourth-order valence-electron chi connectivity index (χ4n) is 0.296. The van der Waals surface area contributed by atoms with Gasteiger partial charge in [-0.3, -0.25) is 9.42 Å². The Morgan fingerprint density at radius 1 is 1.89 bits per heavy atom. The quantitative estimate of drug-likeness (QED) is 0.634. The molecular formula is C4H10FO3P. The Hall–Kier alpha value is 0.0800. The van der Waals surface area contributed by atoms with Crippen LogP contribution in [0.4, 0.5) is 4.20 Å². The molecule has 0 aromatic heterocycles. The Bertz CT molecular complexity index is 121. The highest BCUT2D eigenvalue weighted by Gasteiger charge is 2.19. The van der Waals surface area contributed by atoms with Gasteiger partial charge in [0.05, 0.1) is 6.10 Å². The van der Waals surface area contributed by atoms with Gasteiger partial charge in [0.15, 0.2) is 0 Å². The van der Waals surface area contributed by atoms with Crippen LogP contribution in [0.3, 0.4) is 0 Å². The summed E-state index contributed by atoms with van der Waals surface area (Å²) in [5.74, 6) is 0. The highest BCUT2D eigenvalue weighted by molar-refractivity contribution is 7.46. The van der Waals surface area contributed by atoms with Gasteiger partial charge in [-0.1, -0.05) is 6.92 Å². The van der Waals surface area contributed by atoms with Crippen LogP contribution in [0.1, 0.15) is 20.3 Å². The van der Waals surface area contributed by atoms with Gasteiger partial charge in [-0.05, 0) is 13.3 Å². The zero-order valence-electron chi connectivity index (χ0n) is 5.37. The first-order valence-electron chi connectivity index (χ1n) is 2.66. The molecule has 0 fully saturated rings. The fraction of sp³-hybridized carbons (Fsp3) is 1.00. The summed E-state index contributed by atoms with van der Waals surface area (Å²) >= 11 is 0. The van der Waals surface area contributed by atoms with E-state index in [1.165, 1.54) is 6.92 Å². The second kappa shape index (κ2) is 3.30. The summed E-state index contributed by atoms with van der Waals surface area (Å²) in [6.45, 7) is 3.27. The summed E-state index contributed by atoms with van der Waals surface area (Å²) < 4.78 is 25.6. The van der Waals surface area contributed by atoms with Crippen LogP contribution in [0.5, 0.6) is 0 Å². The Morgan fingerprint density at radius 3 is 2.44 bits per heavy atom. The molecule has 3 nitrogen and oxygen atoms in total. The van der Waals surface area contributed by atoms with E-state index in [4.69, 9.17) is 4.89 Å². The molecule has 0 aliphatic heterocycles. The molecule has 0 amide bonds. The van der Waals surface area contributed by atoms with Gasteiger partial charge in [0, 0.05) is 0 Å². The van der Waals surface area contributed by atoms with Gasteiger partial charge in [-0.2, -0.15) is 0 Å². The minimum absolute atomic E-state index is 0.495. The predicted molar refractivity (Wildman–Crippen MR) is 31.8 cm³/mol. The minimum Gasteiger partial charge on any atom is -0.299 e. The molecule has 0 radical (unpaired) electrons. The van der Waals surface area contributed by atoms with Crippen LogP contribution in [-0.2, 0) is 9.09 Å². The third kappa shape index (κ3) is 5.96. The average molecular weight is 156 g/mol. The summed E-state index contributed by atoms with van der Waals surface area (Å²) in [5, 5.41) is 0. The van der Waals surface area contributed by atoms with E-state index >= 15 is 0 Å². The van der Waals surface area contributed by atoms with Crippen molar-refractivity contribution in [3.63, 3.8) is 0 Å². The maximum Gasteiger partial charge on any atom is 0.510 e. The second-order valence-corrected chi connectivity index (χ2v) is 2.89. The molecule has 0 aromatic rings. The second-order valence-electron chi connectivity index (χ2n) is 1.78. The van der Waals surface area contributed by atoms with E-state index in [1.807, 2.05) is 0 Å². The Kier molecular flexibility index (Phi) is 3.33. The standard InChI is InChI=1S/C4H10FO3P/c1-3-4(2)8-9(5,6)7/h4H,3H2,1-2H3,(H,6,7).